The number of nitrogens with zero attached hydrogens (tertiary/aromatic N) is 2. The Kier molecular flexibility index (Phi) is 5.58. The lowest BCUT2D eigenvalue weighted by Crippen LogP contribution is -2.29. The van der Waals surface area contributed by atoms with Crippen molar-refractivity contribution >= 4 is 49.3 Å². The average molecular weight is 525 g/mol. The molecule has 33 heavy (non-hydrogen) atoms. The largest absolute Gasteiger partial charge is 0.494 e. The van der Waals surface area contributed by atoms with E-state index in [0.717, 1.165) is 32.8 Å². The molecule has 0 saturated carbocycles. The minimum atomic E-state index is -0.641. The molecule has 0 unspecified atom stereocenters. The van der Waals surface area contributed by atoms with E-state index in [-0.39, 0.29) is 17.1 Å². The maximum atomic E-state index is 13.7. The number of anilines is 1. The molecule has 0 bridgehead atoms. The Morgan fingerprint density at radius 1 is 1.15 bits per heavy atom. The fraction of sp³-hybridized carbons (Fsp3) is 0.240. The molecule has 0 saturated heterocycles. The molecule has 0 N–H and O–H groups in total. The van der Waals surface area contributed by atoms with E-state index in [1.807, 2.05) is 45.0 Å². The van der Waals surface area contributed by atoms with Crippen molar-refractivity contribution in [1.29, 1.82) is 0 Å². The first kappa shape index (κ1) is 21.9. The summed E-state index contributed by atoms with van der Waals surface area (Å²) in [5, 5.41) is 0.972. The molecule has 0 spiro atoms. The number of halogens is 1. The first-order chi connectivity index (χ1) is 15.9. The Balaban J connectivity index is 1.72. The van der Waals surface area contributed by atoms with E-state index in [2.05, 4.69) is 20.9 Å². The second-order valence-electron chi connectivity index (χ2n) is 7.95. The van der Waals surface area contributed by atoms with Crippen LogP contribution in [0.4, 0.5) is 5.13 Å². The van der Waals surface area contributed by atoms with Crippen LogP contribution in [0.15, 0.2) is 56.1 Å². The third-order valence-electron chi connectivity index (χ3n) is 5.72. The van der Waals surface area contributed by atoms with Gasteiger partial charge in [-0.1, -0.05) is 35.0 Å². The van der Waals surface area contributed by atoms with Gasteiger partial charge < -0.3 is 9.15 Å². The third kappa shape index (κ3) is 3.67. The Labute approximate surface area is 203 Å². The molecule has 1 aliphatic heterocycles. The molecule has 3 heterocycles. The fourth-order valence-electron chi connectivity index (χ4n) is 3.98. The van der Waals surface area contributed by atoms with Crippen LogP contribution in [0.1, 0.15) is 51.6 Å². The van der Waals surface area contributed by atoms with Gasteiger partial charge in [0.05, 0.1) is 29.3 Å². The van der Waals surface area contributed by atoms with Crippen molar-refractivity contribution in [3.05, 3.63) is 84.6 Å². The van der Waals surface area contributed by atoms with Crippen molar-refractivity contribution in [2.24, 2.45) is 0 Å². The van der Waals surface area contributed by atoms with Crippen LogP contribution in [0.2, 0.25) is 0 Å². The van der Waals surface area contributed by atoms with Gasteiger partial charge in [0.1, 0.15) is 11.3 Å². The Hall–Kier alpha value is -2.97. The lowest BCUT2D eigenvalue weighted by molar-refractivity contribution is 0.0971. The van der Waals surface area contributed by atoms with Gasteiger partial charge in [-0.2, -0.15) is 0 Å². The molecule has 1 aliphatic rings. The van der Waals surface area contributed by atoms with Crippen molar-refractivity contribution in [3.8, 4) is 5.75 Å². The average Bonchev–Trinajstić information content (AvgIpc) is 3.29. The summed E-state index contributed by atoms with van der Waals surface area (Å²) in [6.45, 7) is 6.55. The normalized spacial score (nSPS) is 15.3. The number of ether oxygens (including phenoxy) is 1. The molecular weight excluding hydrogens is 504 g/mol. The number of amides is 1. The standard InChI is InChI=1S/C25H21BrN2O4S/c1-4-11-31-17-8-5-15(6-9-17)21-20-22(29)18-12-16(26)7-10-19(18)32-23(20)24(30)28(21)25-27-13(2)14(3)33-25/h5-10,12,21H,4,11H2,1-3H3/t21-/m1/s1. The van der Waals surface area contributed by atoms with E-state index < -0.39 is 6.04 Å². The van der Waals surface area contributed by atoms with Gasteiger partial charge in [0.2, 0.25) is 5.76 Å². The monoisotopic (exact) mass is 524 g/mol. The zero-order valence-electron chi connectivity index (χ0n) is 18.3. The van der Waals surface area contributed by atoms with Gasteiger partial charge in [0.25, 0.3) is 5.91 Å². The minimum Gasteiger partial charge on any atom is -0.494 e. The van der Waals surface area contributed by atoms with Crippen LogP contribution in [0.5, 0.6) is 5.75 Å². The van der Waals surface area contributed by atoms with Crippen LogP contribution in [0, 0.1) is 13.8 Å². The van der Waals surface area contributed by atoms with Crippen LogP contribution >= 0.6 is 27.3 Å². The summed E-state index contributed by atoms with van der Waals surface area (Å²) in [6.07, 6.45) is 0.909. The third-order valence-corrected chi connectivity index (χ3v) is 7.29. The molecule has 2 aromatic carbocycles. The number of aryl methyl sites for hydroxylation is 2. The molecule has 1 amide bonds. The lowest BCUT2D eigenvalue weighted by Gasteiger charge is -2.22. The topological polar surface area (TPSA) is 72.6 Å². The fourth-order valence-corrected chi connectivity index (χ4v) is 5.28. The quantitative estimate of drug-likeness (QED) is 0.312. The van der Waals surface area contributed by atoms with Gasteiger partial charge in [-0.3, -0.25) is 14.5 Å². The van der Waals surface area contributed by atoms with Crippen molar-refractivity contribution in [2.45, 2.75) is 33.2 Å². The number of aromatic nitrogens is 1. The molecule has 0 radical (unpaired) electrons. The van der Waals surface area contributed by atoms with Crippen LogP contribution in [-0.2, 0) is 0 Å². The summed E-state index contributed by atoms with van der Waals surface area (Å²) in [7, 11) is 0. The number of fused-ring (bicyclic) bond motifs is 2. The van der Waals surface area contributed by atoms with E-state index in [9.17, 15) is 9.59 Å². The van der Waals surface area contributed by atoms with Crippen LogP contribution in [0.25, 0.3) is 11.0 Å². The van der Waals surface area contributed by atoms with E-state index in [1.54, 1.807) is 23.1 Å². The zero-order valence-corrected chi connectivity index (χ0v) is 20.7. The summed E-state index contributed by atoms with van der Waals surface area (Å²) in [5.41, 5.74) is 2.14. The summed E-state index contributed by atoms with van der Waals surface area (Å²) in [6, 6.07) is 12.1. The van der Waals surface area contributed by atoms with Crippen molar-refractivity contribution in [1.82, 2.24) is 4.98 Å². The van der Waals surface area contributed by atoms with Gasteiger partial charge in [0, 0.05) is 9.35 Å². The Morgan fingerprint density at radius 3 is 2.58 bits per heavy atom. The molecule has 0 aliphatic carbocycles. The number of benzene rings is 2. The highest BCUT2D eigenvalue weighted by Gasteiger charge is 2.45. The summed E-state index contributed by atoms with van der Waals surface area (Å²) in [5.74, 6) is 0.445. The van der Waals surface area contributed by atoms with Gasteiger partial charge in [-0.15, -0.1) is 11.3 Å². The number of thiazole rings is 1. The van der Waals surface area contributed by atoms with Crippen molar-refractivity contribution in [2.75, 3.05) is 11.5 Å². The van der Waals surface area contributed by atoms with E-state index in [1.165, 1.54) is 11.3 Å². The second kappa shape index (κ2) is 8.43. The number of hydrogen-bond acceptors (Lipinski definition) is 6. The zero-order chi connectivity index (χ0) is 23.3. The maximum absolute atomic E-state index is 13.7. The maximum Gasteiger partial charge on any atom is 0.297 e. The molecule has 8 heteroatoms. The van der Waals surface area contributed by atoms with Crippen LogP contribution in [0.3, 0.4) is 0 Å². The molecule has 168 valence electrons. The summed E-state index contributed by atoms with van der Waals surface area (Å²) < 4.78 is 12.5. The van der Waals surface area contributed by atoms with Crippen LogP contribution < -0.4 is 15.1 Å². The Bertz CT molecular complexity index is 1420. The predicted octanol–water partition coefficient (Wildman–Crippen LogP) is 6.17. The smallest absolute Gasteiger partial charge is 0.297 e. The van der Waals surface area contributed by atoms with E-state index in [0.29, 0.717) is 28.3 Å². The number of hydrogen-bond donors (Lipinski definition) is 0. The summed E-state index contributed by atoms with van der Waals surface area (Å²) >= 11 is 4.86. The molecule has 4 aromatic rings. The van der Waals surface area contributed by atoms with Gasteiger partial charge in [-0.05, 0) is 56.2 Å². The second-order valence-corrected chi connectivity index (χ2v) is 10.0. The van der Waals surface area contributed by atoms with E-state index >= 15 is 0 Å². The first-order valence-corrected chi connectivity index (χ1v) is 12.3. The minimum absolute atomic E-state index is 0.0663. The highest BCUT2D eigenvalue weighted by Crippen LogP contribution is 2.43. The molecule has 2 aromatic heterocycles. The van der Waals surface area contributed by atoms with Gasteiger partial charge >= 0.3 is 0 Å². The number of rotatable bonds is 5. The molecular formula is C25H21BrN2O4S. The highest BCUT2D eigenvalue weighted by molar-refractivity contribution is 9.10. The number of carbonyl (C=O) groups is 1. The summed E-state index contributed by atoms with van der Waals surface area (Å²) in [4.78, 5) is 34.5. The van der Waals surface area contributed by atoms with Gasteiger partial charge in [-0.25, -0.2) is 4.98 Å². The Morgan fingerprint density at radius 2 is 1.91 bits per heavy atom. The molecule has 0 fully saturated rings. The van der Waals surface area contributed by atoms with Crippen molar-refractivity contribution < 1.29 is 13.9 Å². The molecule has 6 nitrogen and oxygen atoms in total. The first-order valence-electron chi connectivity index (χ1n) is 10.7. The highest BCUT2D eigenvalue weighted by atomic mass is 79.9. The molecule has 1 atom stereocenters. The molecule has 5 rings (SSSR count). The van der Waals surface area contributed by atoms with Gasteiger partial charge in [0.15, 0.2) is 10.6 Å². The van der Waals surface area contributed by atoms with Crippen LogP contribution in [-0.4, -0.2) is 17.5 Å². The SMILES string of the molecule is CCCOc1ccc([C@@H]2c3c(oc4ccc(Br)cc4c3=O)C(=O)N2c2nc(C)c(C)s2)cc1. The van der Waals surface area contributed by atoms with E-state index in [4.69, 9.17) is 9.15 Å². The predicted molar refractivity (Wildman–Crippen MR) is 133 cm³/mol. The number of carbonyl (C=O) groups excluding carboxylic acids is 1. The lowest BCUT2D eigenvalue weighted by atomic mass is 9.98. The van der Waals surface area contributed by atoms with Crippen molar-refractivity contribution in [3.63, 3.8) is 0 Å².